The minimum atomic E-state index is -0.544. The number of carbonyl (C=O) groups is 1. The van der Waals surface area contributed by atoms with E-state index in [1.165, 1.54) is 0 Å². The molecule has 1 aliphatic heterocycles. The second kappa shape index (κ2) is 4.49. The third kappa shape index (κ3) is 3.18. The van der Waals surface area contributed by atoms with Crippen LogP contribution in [0.3, 0.4) is 0 Å². The lowest BCUT2D eigenvalue weighted by Crippen LogP contribution is -2.51. The standard InChI is InChI=1S/C11H22N2O2/c1-9(10(14)12(3)4)13-7-5-11(2,15)6-8-13/h9,15H,5-8H2,1-4H3. The molecular formula is C11H22N2O2. The number of aliphatic hydroxyl groups is 1. The molecule has 0 spiro atoms. The van der Waals surface area contributed by atoms with Crippen LogP contribution in [0.15, 0.2) is 0 Å². The van der Waals surface area contributed by atoms with Crippen molar-refractivity contribution in [3.8, 4) is 0 Å². The summed E-state index contributed by atoms with van der Waals surface area (Å²) in [6.07, 6.45) is 1.50. The van der Waals surface area contributed by atoms with E-state index in [0.717, 1.165) is 25.9 Å². The summed E-state index contributed by atoms with van der Waals surface area (Å²) in [5.74, 6) is 0.136. The van der Waals surface area contributed by atoms with Crippen molar-refractivity contribution in [1.29, 1.82) is 0 Å². The van der Waals surface area contributed by atoms with Crippen LogP contribution in [0, 0.1) is 0 Å². The number of hydrogen-bond acceptors (Lipinski definition) is 3. The third-order valence-electron chi connectivity index (χ3n) is 3.22. The number of nitrogens with zero attached hydrogens (tertiary/aromatic N) is 2. The van der Waals surface area contributed by atoms with Crippen molar-refractivity contribution < 1.29 is 9.90 Å². The normalized spacial score (nSPS) is 23.5. The smallest absolute Gasteiger partial charge is 0.239 e. The molecule has 0 radical (unpaired) electrons. The summed E-state index contributed by atoms with van der Waals surface area (Å²) in [5, 5.41) is 9.80. The molecule has 0 bridgehead atoms. The van der Waals surface area contributed by atoms with Gasteiger partial charge in [0.15, 0.2) is 0 Å². The summed E-state index contributed by atoms with van der Waals surface area (Å²) < 4.78 is 0. The van der Waals surface area contributed by atoms with Crippen LogP contribution in [0.2, 0.25) is 0 Å². The van der Waals surface area contributed by atoms with Crippen molar-refractivity contribution >= 4 is 5.91 Å². The molecule has 0 aromatic carbocycles. The van der Waals surface area contributed by atoms with Crippen LogP contribution >= 0.6 is 0 Å². The number of hydrogen-bond donors (Lipinski definition) is 1. The van der Waals surface area contributed by atoms with Gasteiger partial charge in [0.05, 0.1) is 11.6 Å². The van der Waals surface area contributed by atoms with E-state index in [2.05, 4.69) is 4.90 Å². The van der Waals surface area contributed by atoms with Crippen LogP contribution in [0.5, 0.6) is 0 Å². The third-order valence-corrected chi connectivity index (χ3v) is 3.22. The quantitative estimate of drug-likeness (QED) is 0.719. The summed E-state index contributed by atoms with van der Waals surface area (Å²) >= 11 is 0. The lowest BCUT2D eigenvalue weighted by Gasteiger charge is -2.38. The lowest BCUT2D eigenvalue weighted by atomic mass is 9.93. The minimum Gasteiger partial charge on any atom is -0.390 e. The SMILES string of the molecule is CC(C(=O)N(C)C)N1CCC(C)(O)CC1. The van der Waals surface area contributed by atoms with E-state index >= 15 is 0 Å². The van der Waals surface area contributed by atoms with Gasteiger partial charge in [-0.05, 0) is 26.7 Å². The van der Waals surface area contributed by atoms with Gasteiger partial charge in [-0.2, -0.15) is 0 Å². The molecular weight excluding hydrogens is 192 g/mol. The Balaban J connectivity index is 2.50. The molecule has 88 valence electrons. The predicted molar refractivity (Wildman–Crippen MR) is 59.6 cm³/mol. The molecule has 1 N–H and O–H groups in total. The molecule has 0 aromatic rings. The van der Waals surface area contributed by atoms with Gasteiger partial charge in [-0.15, -0.1) is 0 Å². The van der Waals surface area contributed by atoms with Crippen LogP contribution in [0.1, 0.15) is 26.7 Å². The van der Waals surface area contributed by atoms with E-state index in [-0.39, 0.29) is 11.9 Å². The van der Waals surface area contributed by atoms with Crippen LogP contribution in [-0.4, -0.2) is 59.6 Å². The molecule has 4 heteroatoms. The zero-order chi connectivity index (χ0) is 11.6. The van der Waals surface area contributed by atoms with E-state index in [9.17, 15) is 9.90 Å². The number of likely N-dealkylation sites (tertiary alicyclic amines) is 1. The van der Waals surface area contributed by atoms with Gasteiger partial charge in [0, 0.05) is 27.2 Å². The molecule has 15 heavy (non-hydrogen) atoms. The van der Waals surface area contributed by atoms with Gasteiger partial charge in [-0.3, -0.25) is 9.69 Å². The number of piperidine rings is 1. The van der Waals surface area contributed by atoms with Gasteiger partial charge in [0.2, 0.25) is 5.91 Å². The molecule has 4 nitrogen and oxygen atoms in total. The van der Waals surface area contributed by atoms with Crippen molar-refractivity contribution in [3.05, 3.63) is 0 Å². The maximum atomic E-state index is 11.7. The summed E-state index contributed by atoms with van der Waals surface area (Å²) in [7, 11) is 3.55. The average Bonchev–Trinajstić information content (AvgIpc) is 2.15. The number of rotatable bonds is 2. The minimum absolute atomic E-state index is 0.0731. The van der Waals surface area contributed by atoms with Gasteiger partial charge in [-0.25, -0.2) is 0 Å². The fourth-order valence-corrected chi connectivity index (χ4v) is 1.92. The number of carbonyl (C=O) groups excluding carboxylic acids is 1. The summed E-state index contributed by atoms with van der Waals surface area (Å²) in [6, 6.07) is -0.0731. The van der Waals surface area contributed by atoms with E-state index in [0.29, 0.717) is 0 Å². The number of likely N-dealkylation sites (N-methyl/N-ethyl adjacent to an activating group) is 1. The first-order valence-electron chi connectivity index (χ1n) is 5.51. The Morgan fingerprint density at radius 1 is 1.40 bits per heavy atom. The maximum Gasteiger partial charge on any atom is 0.239 e. The lowest BCUT2D eigenvalue weighted by molar-refractivity contribution is -0.135. The molecule has 0 aromatic heterocycles. The molecule has 0 saturated carbocycles. The first-order chi connectivity index (χ1) is 6.83. The fourth-order valence-electron chi connectivity index (χ4n) is 1.92. The highest BCUT2D eigenvalue weighted by molar-refractivity contribution is 5.80. The van der Waals surface area contributed by atoms with Gasteiger partial charge in [0.25, 0.3) is 0 Å². The Labute approximate surface area is 91.9 Å². The first kappa shape index (κ1) is 12.5. The van der Waals surface area contributed by atoms with E-state index in [1.807, 2.05) is 13.8 Å². The zero-order valence-electron chi connectivity index (χ0n) is 10.2. The molecule has 0 aliphatic carbocycles. The van der Waals surface area contributed by atoms with Crippen molar-refractivity contribution in [2.24, 2.45) is 0 Å². The topological polar surface area (TPSA) is 43.8 Å². The van der Waals surface area contributed by atoms with Crippen molar-refractivity contribution in [3.63, 3.8) is 0 Å². The molecule has 1 amide bonds. The molecule has 1 saturated heterocycles. The van der Waals surface area contributed by atoms with Crippen molar-refractivity contribution in [2.45, 2.75) is 38.3 Å². The van der Waals surface area contributed by atoms with Crippen LogP contribution in [0.4, 0.5) is 0 Å². The van der Waals surface area contributed by atoms with Crippen LogP contribution < -0.4 is 0 Å². The summed E-state index contributed by atoms with van der Waals surface area (Å²) in [6.45, 7) is 5.40. The van der Waals surface area contributed by atoms with Crippen molar-refractivity contribution in [1.82, 2.24) is 9.80 Å². The van der Waals surface area contributed by atoms with Gasteiger partial charge in [0.1, 0.15) is 0 Å². The Bertz CT molecular complexity index is 229. The second-order valence-corrected chi connectivity index (χ2v) is 4.94. The largest absolute Gasteiger partial charge is 0.390 e. The summed E-state index contributed by atoms with van der Waals surface area (Å²) in [4.78, 5) is 15.5. The highest BCUT2D eigenvalue weighted by atomic mass is 16.3. The monoisotopic (exact) mass is 214 g/mol. The van der Waals surface area contributed by atoms with Crippen molar-refractivity contribution in [2.75, 3.05) is 27.2 Å². The molecule has 1 aliphatic rings. The average molecular weight is 214 g/mol. The Hall–Kier alpha value is -0.610. The second-order valence-electron chi connectivity index (χ2n) is 4.94. The van der Waals surface area contributed by atoms with Crippen LogP contribution in [0.25, 0.3) is 0 Å². The maximum absolute atomic E-state index is 11.7. The first-order valence-corrected chi connectivity index (χ1v) is 5.51. The zero-order valence-corrected chi connectivity index (χ0v) is 10.2. The van der Waals surface area contributed by atoms with Crippen LogP contribution in [-0.2, 0) is 4.79 Å². The highest BCUT2D eigenvalue weighted by Gasteiger charge is 2.31. The van der Waals surface area contributed by atoms with Gasteiger partial charge in [-0.1, -0.05) is 0 Å². The van der Waals surface area contributed by atoms with E-state index in [4.69, 9.17) is 0 Å². The molecule has 1 heterocycles. The molecule has 1 unspecified atom stereocenters. The fraction of sp³-hybridized carbons (Fsp3) is 0.909. The molecule has 1 atom stereocenters. The Kier molecular flexibility index (Phi) is 3.73. The van der Waals surface area contributed by atoms with Gasteiger partial charge < -0.3 is 10.0 Å². The number of amides is 1. The predicted octanol–water partition coefficient (Wildman–Crippen LogP) is 0.310. The Morgan fingerprint density at radius 3 is 2.27 bits per heavy atom. The highest BCUT2D eigenvalue weighted by Crippen LogP contribution is 2.22. The van der Waals surface area contributed by atoms with E-state index in [1.54, 1.807) is 19.0 Å². The Morgan fingerprint density at radius 2 is 1.87 bits per heavy atom. The van der Waals surface area contributed by atoms with Gasteiger partial charge >= 0.3 is 0 Å². The molecule has 1 rings (SSSR count). The molecule has 1 fully saturated rings. The van der Waals surface area contributed by atoms with E-state index < -0.39 is 5.60 Å². The summed E-state index contributed by atoms with van der Waals surface area (Å²) in [5.41, 5.74) is -0.544.